The number of amides is 1. The van der Waals surface area contributed by atoms with Gasteiger partial charge in [0.05, 0.1) is 23.5 Å². The van der Waals surface area contributed by atoms with Crippen LogP contribution >= 0.6 is 0 Å². The van der Waals surface area contributed by atoms with Gasteiger partial charge in [0.2, 0.25) is 11.9 Å². The van der Waals surface area contributed by atoms with Crippen LogP contribution in [0.25, 0.3) is 11.0 Å². The Morgan fingerprint density at radius 3 is 3.04 bits per heavy atom. The van der Waals surface area contributed by atoms with E-state index >= 15 is 0 Å². The van der Waals surface area contributed by atoms with Crippen molar-refractivity contribution in [1.82, 2.24) is 15.3 Å². The molecular formula is C20H24N4O2. The second-order valence-electron chi connectivity index (χ2n) is 7.10. The maximum absolute atomic E-state index is 12.6. The average Bonchev–Trinajstić information content (AvgIpc) is 3.25. The molecule has 6 heteroatoms. The van der Waals surface area contributed by atoms with Gasteiger partial charge in [-0.15, -0.1) is 0 Å². The number of nitrogens with one attached hydrogen (secondary N) is 2. The molecule has 1 amide bonds. The van der Waals surface area contributed by atoms with Crippen LogP contribution < -0.4 is 10.2 Å². The van der Waals surface area contributed by atoms with Gasteiger partial charge in [0.1, 0.15) is 11.5 Å². The SMILES string of the molecule is Cc1ccc2nc(N3CCC[C@H](C(=O)NCc4ccc(C)o4)C3)[nH]c2c1. The first-order valence-corrected chi connectivity index (χ1v) is 9.13. The smallest absolute Gasteiger partial charge is 0.225 e. The predicted molar refractivity (Wildman–Crippen MR) is 101 cm³/mol. The highest BCUT2D eigenvalue weighted by molar-refractivity contribution is 5.80. The summed E-state index contributed by atoms with van der Waals surface area (Å²) in [5.41, 5.74) is 3.21. The van der Waals surface area contributed by atoms with E-state index in [0.29, 0.717) is 13.1 Å². The van der Waals surface area contributed by atoms with Gasteiger partial charge >= 0.3 is 0 Å². The minimum atomic E-state index is -0.0326. The summed E-state index contributed by atoms with van der Waals surface area (Å²) >= 11 is 0. The van der Waals surface area contributed by atoms with Gasteiger partial charge in [-0.1, -0.05) is 6.07 Å². The van der Waals surface area contributed by atoms with Gasteiger partial charge in [0, 0.05) is 13.1 Å². The number of piperidine rings is 1. The number of hydrogen-bond donors (Lipinski definition) is 2. The van der Waals surface area contributed by atoms with E-state index in [0.717, 1.165) is 47.9 Å². The average molecular weight is 352 g/mol. The monoisotopic (exact) mass is 352 g/mol. The number of anilines is 1. The van der Waals surface area contributed by atoms with Gasteiger partial charge in [-0.05, 0) is 56.5 Å². The summed E-state index contributed by atoms with van der Waals surface area (Å²) in [6, 6.07) is 10.0. The van der Waals surface area contributed by atoms with Crippen LogP contribution in [0.4, 0.5) is 5.95 Å². The van der Waals surface area contributed by atoms with Crippen LogP contribution in [0.5, 0.6) is 0 Å². The van der Waals surface area contributed by atoms with Crippen molar-refractivity contribution in [3.05, 3.63) is 47.4 Å². The Hall–Kier alpha value is -2.76. The molecule has 6 nitrogen and oxygen atoms in total. The van der Waals surface area contributed by atoms with Crippen LogP contribution in [0.1, 0.15) is 29.9 Å². The van der Waals surface area contributed by atoms with Crippen LogP contribution in [0.15, 0.2) is 34.7 Å². The van der Waals surface area contributed by atoms with Gasteiger partial charge in [0.15, 0.2) is 0 Å². The second kappa shape index (κ2) is 6.86. The maximum atomic E-state index is 12.6. The van der Waals surface area contributed by atoms with Gasteiger partial charge in [0.25, 0.3) is 0 Å². The third kappa shape index (κ3) is 3.45. The van der Waals surface area contributed by atoms with E-state index < -0.39 is 0 Å². The normalized spacial score (nSPS) is 17.6. The number of aryl methyl sites for hydroxylation is 2. The molecule has 1 aliphatic rings. The quantitative estimate of drug-likeness (QED) is 0.755. The van der Waals surface area contributed by atoms with Crippen molar-refractivity contribution in [2.75, 3.05) is 18.0 Å². The summed E-state index contributed by atoms with van der Waals surface area (Å²) in [5.74, 6) is 2.55. The van der Waals surface area contributed by atoms with Crippen LogP contribution in [-0.4, -0.2) is 29.0 Å². The van der Waals surface area contributed by atoms with Crippen LogP contribution in [-0.2, 0) is 11.3 Å². The Labute approximate surface area is 152 Å². The molecule has 1 fully saturated rings. The number of hydrogen-bond acceptors (Lipinski definition) is 4. The van der Waals surface area contributed by atoms with Crippen molar-refractivity contribution in [3.63, 3.8) is 0 Å². The second-order valence-corrected chi connectivity index (χ2v) is 7.10. The summed E-state index contributed by atoms with van der Waals surface area (Å²) in [7, 11) is 0. The fraction of sp³-hybridized carbons (Fsp3) is 0.400. The zero-order valence-electron chi connectivity index (χ0n) is 15.2. The van der Waals surface area contributed by atoms with E-state index in [4.69, 9.17) is 9.40 Å². The molecule has 1 aliphatic heterocycles. The molecule has 0 spiro atoms. The van der Waals surface area contributed by atoms with E-state index in [-0.39, 0.29) is 11.8 Å². The van der Waals surface area contributed by atoms with Gasteiger partial charge in [-0.25, -0.2) is 4.98 Å². The minimum absolute atomic E-state index is 0.0326. The Morgan fingerprint density at radius 1 is 1.35 bits per heavy atom. The fourth-order valence-corrected chi connectivity index (χ4v) is 3.54. The van der Waals surface area contributed by atoms with E-state index in [1.54, 1.807) is 0 Å². The number of carbonyl (C=O) groups excluding carboxylic acids is 1. The molecule has 0 unspecified atom stereocenters. The lowest BCUT2D eigenvalue weighted by Crippen LogP contribution is -2.43. The molecule has 1 atom stereocenters. The van der Waals surface area contributed by atoms with Crippen molar-refractivity contribution in [2.24, 2.45) is 5.92 Å². The highest BCUT2D eigenvalue weighted by Gasteiger charge is 2.27. The minimum Gasteiger partial charge on any atom is -0.465 e. The van der Waals surface area contributed by atoms with Crippen molar-refractivity contribution in [2.45, 2.75) is 33.2 Å². The Bertz CT molecular complexity index is 927. The molecule has 0 radical (unpaired) electrons. The number of fused-ring (bicyclic) bond motifs is 1. The highest BCUT2D eigenvalue weighted by Crippen LogP contribution is 2.24. The Balaban J connectivity index is 1.41. The predicted octanol–water partition coefficient (Wildman–Crippen LogP) is 3.31. The zero-order valence-corrected chi connectivity index (χ0v) is 15.2. The molecule has 1 saturated heterocycles. The number of benzene rings is 1. The number of aromatic nitrogens is 2. The lowest BCUT2D eigenvalue weighted by molar-refractivity contribution is -0.125. The van der Waals surface area contributed by atoms with Gasteiger partial charge < -0.3 is 19.6 Å². The fourth-order valence-electron chi connectivity index (χ4n) is 3.54. The van der Waals surface area contributed by atoms with Gasteiger partial charge in [-0.2, -0.15) is 0 Å². The number of carbonyl (C=O) groups is 1. The molecule has 2 aromatic heterocycles. The Morgan fingerprint density at radius 2 is 2.23 bits per heavy atom. The molecule has 0 saturated carbocycles. The summed E-state index contributed by atoms with van der Waals surface area (Å²) < 4.78 is 5.51. The number of imidazole rings is 1. The van der Waals surface area contributed by atoms with Crippen LogP contribution in [0, 0.1) is 19.8 Å². The first-order chi connectivity index (χ1) is 12.6. The van der Waals surface area contributed by atoms with Crippen LogP contribution in [0.3, 0.4) is 0 Å². The molecule has 26 heavy (non-hydrogen) atoms. The first kappa shape index (κ1) is 16.7. The van der Waals surface area contributed by atoms with Crippen molar-refractivity contribution in [3.8, 4) is 0 Å². The molecule has 4 rings (SSSR count). The van der Waals surface area contributed by atoms with E-state index in [1.165, 1.54) is 5.56 Å². The number of H-pyrrole nitrogens is 1. The number of rotatable bonds is 4. The maximum Gasteiger partial charge on any atom is 0.225 e. The summed E-state index contributed by atoms with van der Waals surface area (Å²) in [6.07, 6.45) is 1.88. The molecule has 0 bridgehead atoms. The third-order valence-corrected chi connectivity index (χ3v) is 4.95. The lowest BCUT2D eigenvalue weighted by Gasteiger charge is -2.31. The van der Waals surface area contributed by atoms with E-state index in [9.17, 15) is 4.79 Å². The standard InChI is InChI=1S/C20H24N4O2/c1-13-5-8-17-18(10-13)23-20(22-17)24-9-3-4-15(12-24)19(25)21-11-16-7-6-14(2)26-16/h5-8,10,15H,3-4,9,11-12H2,1-2H3,(H,21,25)(H,22,23)/t15-/m0/s1. The molecule has 0 aliphatic carbocycles. The zero-order chi connectivity index (χ0) is 18.1. The summed E-state index contributed by atoms with van der Waals surface area (Å²) in [6.45, 7) is 6.01. The lowest BCUT2D eigenvalue weighted by atomic mass is 9.97. The third-order valence-electron chi connectivity index (χ3n) is 4.95. The summed E-state index contributed by atoms with van der Waals surface area (Å²) in [4.78, 5) is 22.8. The first-order valence-electron chi connectivity index (χ1n) is 9.13. The molecule has 136 valence electrons. The van der Waals surface area contributed by atoms with E-state index in [2.05, 4.69) is 34.3 Å². The van der Waals surface area contributed by atoms with Crippen molar-refractivity contribution in [1.29, 1.82) is 0 Å². The van der Waals surface area contributed by atoms with Crippen LogP contribution in [0.2, 0.25) is 0 Å². The molecule has 3 aromatic rings. The molecule has 3 heterocycles. The number of furan rings is 1. The summed E-state index contributed by atoms with van der Waals surface area (Å²) in [5, 5.41) is 3.00. The number of aromatic amines is 1. The molecule has 2 N–H and O–H groups in total. The molecular weight excluding hydrogens is 328 g/mol. The highest BCUT2D eigenvalue weighted by atomic mass is 16.3. The largest absolute Gasteiger partial charge is 0.465 e. The van der Waals surface area contributed by atoms with E-state index in [1.807, 2.05) is 25.1 Å². The Kier molecular flexibility index (Phi) is 4.41. The van der Waals surface area contributed by atoms with Gasteiger partial charge in [-0.3, -0.25) is 4.79 Å². The van der Waals surface area contributed by atoms with Crippen molar-refractivity contribution >= 4 is 22.9 Å². The van der Waals surface area contributed by atoms with Crippen molar-refractivity contribution < 1.29 is 9.21 Å². The molecule has 1 aromatic carbocycles. The number of nitrogens with zero attached hydrogens (tertiary/aromatic N) is 2. The topological polar surface area (TPSA) is 74.2 Å².